The van der Waals surface area contributed by atoms with Crippen LogP contribution in [0.4, 0.5) is 10.5 Å². The number of rotatable bonds is 11. The van der Waals surface area contributed by atoms with E-state index in [1.807, 2.05) is 72.8 Å². The molecule has 0 bridgehead atoms. The summed E-state index contributed by atoms with van der Waals surface area (Å²) in [7, 11) is 3.11. The average molecular weight is 487 g/mol. The van der Waals surface area contributed by atoms with E-state index in [1.54, 1.807) is 18.0 Å². The molecule has 0 saturated carbocycles. The lowest BCUT2D eigenvalue weighted by Gasteiger charge is -2.20. The first-order chi connectivity index (χ1) is 17.5. The van der Waals surface area contributed by atoms with E-state index < -0.39 is 5.97 Å². The number of carbonyl (C=O) groups is 2. The maximum atomic E-state index is 12.6. The van der Waals surface area contributed by atoms with Gasteiger partial charge < -0.3 is 14.8 Å². The molecule has 0 heterocycles. The van der Waals surface area contributed by atoms with Crippen LogP contribution in [0.1, 0.15) is 37.3 Å². The molecule has 3 rings (SSSR count). The van der Waals surface area contributed by atoms with Crippen molar-refractivity contribution in [1.29, 1.82) is 0 Å². The van der Waals surface area contributed by atoms with Crippen molar-refractivity contribution < 1.29 is 19.1 Å². The summed E-state index contributed by atoms with van der Waals surface area (Å²) in [4.78, 5) is 25.8. The van der Waals surface area contributed by atoms with Crippen molar-refractivity contribution in [2.75, 3.05) is 25.6 Å². The van der Waals surface area contributed by atoms with Crippen molar-refractivity contribution in [3.05, 3.63) is 90.0 Å². The highest BCUT2D eigenvalue weighted by atomic mass is 16.5. The summed E-state index contributed by atoms with van der Waals surface area (Å²) in [6.45, 7) is 3.20. The molecule has 6 nitrogen and oxygen atoms in total. The maximum absolute atomic E-state index is 12.6. The quantitative estimate of drug-likeness (QED) is 0.192. The minimum atomic E-state index is -0.422. The molecule has 0 aliphatic rings. The average Bonchev–Trinajstić information content (AvgIpc) is 2.93. The predicted octanol–water partition coefficient (Wildman–Crippen LogP) is 6.45. The van der Waals surface area contributed by atoms with E-state index in [0.29, 0.717) is 18.9 Å². The van der Waals surface area contributed by atoms with E-state index in [-0.39, 0.29) is 6.03 Å². The SMILES string of the molecule is CCCCCNC(=O)N(C)c1cccc(-c2ccc(C=CC(=O)OC)cc2OCc2ccccc2)c1. The molecule has 0 fully saturated rings. The molecule has 0 unspecified atom stereocenters. The molecule has 0 aliphatic heterocycles. The van der Waals surface area contributed by atoms with E-state index in [2.05, 4.69) is 12.2 Å². The second-order valence-electron chi connectivity index (χ2n) is 8.43. The fourth-order valence-corrected chi connectivity index (χ4v) is 3.66. The highest BCUT2D eigenvalue weighted by Crippen LogP contribution is 2.34. The summed E-state index contributed by atoms with van der Waals surface area (Å²) in [5.74, 6) is 0.254. The number of methoxy groups -OCH3 is 1. The topological polar surface area (TPSA) is 67.9 Å². The third-order valence-electron chi connectivity index (χ3n) is 5.76. The number of carbonyl (C=O) groups excluding carboxylic acids is 2. The molecule has 3 aromatic rings. The second kappa shape index (κ2) is 13.7. The summed E-state index contributed by atoms with van der Waals surface area (Å²) < 4.78 is 10.9. The molecule has 6 heteroatoms. The smallest absolute Gasteiger partial charge is 0.330 e. The lowest BCUT2D eigenvalue weighted by molar-refractivity contribution is -0.134. The Morgan fingerprint density at radius 2 is 1.78 bits per heavy atom. The van der Waals surface area contributed by atoms with Gasteiger partial charge in [0, 0.05) is 30.9 Å². The number of benzene rings is 3. The van der Waals surface area contributed by atoms with Gasteiger partial charge in [-0.05, 0) is 47.4 Å². The second-order valence-corrected chi connectivity index (χ2v) is 8.43. The van der Waals surface area contributed by atoms with Crippen molar-refractivity contribution >= 4 is 23.8 Å². The first-order valence-corrected chi connectivity index (χ1v) is 12.2. The first kappa shape index (κ1) is 26.5. The zero-order valence-electron chi connectivity index (χ0n) is 21.2. The van der Waals surface area contributed by atoms with E-state index in [9.17, 15) is 9.59 Å². The van der Waals surface area contributed by atoms with Crippen molar-refractivity contribution in [2.45, 2.75) is 32.8 Å². The van der Waals surface area contributed by atoms with Crippen LogP contribution in [0.25, 0.3) is 17.2 Å². The van der Waals surface area contributed by atoms with Crippen molar-refractivity contribution in [3.8, 4) is 16.9 Å². The number of urea groups is 1. The predicted molar refractivity (Wildman–Crippen MR) is 145 cm³/mol. The van der Waals surface area contributed by atoms with Crippen LogP contribution in [0.3, 0.4) is 0 Å². The third-order valence-corrected chi connectivity index (χ3v) is 5.76. The van der Waals surface area contributed by atoms with Gasteiger partial charge >= 0.3 is 12.0 Å². The number of hydrogen-bond donors (Lipinski definition) is 1. The number of ether oxygens (including phenoxy) is 2. The number of nitrogens with zero attached hydrogens (tertiary/aromatic N) is 1. The highest BCUT2D eigenvalue weighted by Gasteiger charge is 2.13. The molecule has 0 aromatic heterocycles. The summed E-state index contributed by atoms with van der Waals surface area (Å²) in [6.07, 6.45) is 6.24. The number of hydrogen-bond acceptors (Lipinski definition) is 4. The fraction of sp³-hybridized carbons (Fsp3) is 0.267. The Bertz CT molecular complexity index is 1170. The van der Waals surface area contributed by atoms with Gasteiger partial charge in [0.05, 0.1) is 7.11 Å². The lowest BCUT2D eigenvalue weighted by Crippen LogP contribution is -2.37. The molecule has 0 aliphatic carbocycles. The van der Waals surface area contributed by atoms with Crippen molar-refractivity contribution in [1.82, 2.24) is 5.32 Å². The number of nitrogens with one attached hydrogen (secondary N) is 1. The van der Waals surface area contributed by atoms with Gasteiger partial charge in [0.1, 0.15) is 12.4 Å². The van der Waals surface area contributed by atoms with Crippen LogP contribution in [-0.4, -0.2) is 32.7 Å². The van der Waals surface area contributed by atoms with Gasteiger partial charge in [0.2, 0.25) is 0 Å². The van der Waals surface area contributed by atoms with Gasteiger partial charge in [0.15, 0.2) is 0 Å². The molecule has 0 atom stereocenters. The summed E-state index contributed by atoms with van der Waals surface area (Å²) in [5, 5.41) is 2.98. The van der Waals surface area contributed by atoms with Gasteiger partial charge in [-0.25, -0.2) is 9.59 Å². The normalized spacial score (nSPS) is 10.8. The van der Waals surface area contributed by atoms with Gasteiger partial charge in [-0.15, -0.1) is 0 Å². The molecule has 188 valence electrons. The van der Waals surface area contributed by atoms with E-state index in [0.717, 1.165) is 47.2 Å². The molecule has 1 N–H and O–H groups in total. The van der Waals surface area contributed by atoms with E-state index in [4.69, 9.17) is 9.47 Å². The fourth-order valence-electron chi connectivity index (χ4n) is 3.66. The molecular weight excluding hydrogens is 452 g/mol. The Morgan fingerprint density at radius 3 is 2.53 bits per heavy atom. The molecular formula is C30H34N2O4. The van der Waals surface area contributed by atoms with Crippen molar-refractivity contribution in [3.63, 3.8) is 0 Å². The molecule has 36 heavy (non-hydrogen) atoms. The minimum absolute atomic E-state index is 0.132. The van der Waals surface area contributed by atoms with E-state index in [1.165, 1.54) is 13.2 Å². The van der Waals surface area contributed by atoms with Crippen LogP contribution in [0.2, 0.25) is 0 Å². The lowest BCUT2D eigenvalue weighted by atomic mass is 10.0. The first-order valence-electron chi connectivity index (χ1n) is 12.2. The Kier molecular flexibility index (Phi) is 10.1. The standard InChI is InChI=1S/C30H34N2O4/c1-4-5-9-19-31-30(34)32(2)26-14-10-13-25(21-26)27-17-15-23(16-18-29(33)35-3)20-28(27)36-22-24-11-7-6-8-12-24/h6-8,10-18,20-21H,4-5,9,19,22H2,1-3H3,(H,31,34). The highest BCUT2D eigenvalue weighted by molar-refractivity contribution is 5.92. The third kappa shape index (κ3) is 7.73. The Hall–Kier alpha value is -4.06. The molecule has 2 amide bonds. The molecule has 0 spiro atoms. The van der Waals surface area contributed by atoms with Crippen LogP contribution >= 0.6 is 0 Å². The monoisotopic (exact) mass is 486 g/mol. The Morgan fingerprint density at radius 1 is 0.972 bits per heavy atom. The zero-order valence-corrected chi connectivity index (χ0v) is 21.2. The number of amides is 2. The Labute approximate surface area is 213 Å². The number of unbranched alkanes of at least 4 members (excludes halogenated alkanes) is 2. The maximum Gasteiger partial charge on any atom is 0.330 e. The van der Waals surface area contributed by atoms with E-state index >= 15 is 0 Å². The summed E-state index contributed by atoms with van der Waals surface area (Å²) in [5.41, 5.74) is 4.45. The van der Waals surface area contributed by atoms with Crippen LogP contribution in [0, 0.1) is 0 Å². The van der Waals surface area contributed by atoms with Crippen molar-refractivity contribution in [2.24, 2.45) is 0 Å². The van der Waals surface area contributed by atoms with Crippen LogP contribution in [0.5, 0.6) is 5.75 Å². The van der Waals surface area contributed by atoms with Crippen LogP contribution in [-0.2, 0) is 16.1 Å². The van der Waals surface area contributed by atoms with Gasteiger partial charge in [-0.1, -0.05) is 74.4 Å². The van der Waals surface area contributed by atoms with Gasteiger partial charge in [-0.3, -0.25) is 4.90 Å². The summed E-state index contributed by atoms with van der Waals surface area (Å²) in [6, 6.07) is 23.4. The van der Waals surface area contributed by atoms with Gasteiger partial charge in [0.25, 0.3) is 0 Å². The zero-order chi connectivity index (χ0) is 25.8. The molecule has 0 saturated heterocycles. The largest absolute Gasteiger partial charge is 0.488 e. The number of anilines is 1. The van der Waals surface area contributed by atoms with Crippen LogP contribution in [0.15, 0.2) is 78.9 Å². The number of esters is 1. The molecule has 0 radical (unpaired) electrons. The minimum Gasteiger partial charge on any atom is -0.488 e. The van der Waals surface area contributed by atoms with Crippen LogP contribution < -0.4 is 15.0 Å². The Balaban J connectivity index is 1.86. The molecule has 3 aromatic carbocycles. The van der Waals surface area contributed by atoms with Gasteiger partial charge in [-0.2, -0.15) is 0 Å². The summed E-state index contributed by atoms with van der Waals surface area (Å²) >= 11 is 0.